The number of amides is 1. The molecule has 1 amide bonds. The molecule has 1 unspecified atom stereocenters. The van der Waals surface area contributed by atoms with Crippen LogP contribution in [0.25, 0.3) is 0 Å². The molecule has 1 aliphatic heterocycles. The third-order valence-electron chi connectivity index (χ3n) is 3.04. The van der Waals surface area contributed by atoms with E-state index in [1.807, 2.05) is 30.3 Å². The number of carboxylic acids is 1. The van der Waals surface area contributed by atoms with Gasteiger partial charge in [0.05, 0.1) is 12.5 Å². The van der Waals surface area contributed by atoms with Crippen LogP contribution in [0.4, 0.5) is 0 Å². The molecule has 1 aliphatic rings. The van der Waals surface area contributed by atoms with Gasteiger partial charge in [0.2, 0.25) is 5.91 Å². The minimum atomic E-state index is -0.811. The summed E-state index contributed by atoms with van der Waals surface area (Å²) in [7, 11) is 0. The van der Waals surface area contributed by atoms with E-state index in [1.54, 1.807) is 4.90 Å². The van der Waals surface area contributed by atoms with Gasteiger partial charge in [-0.3, -0.25) is 9.59 Å². The molecule has 0 aliphatic carbocycles. The Hall–Kier alpha value is -1.84. The zero-order valence-corrected chi connectivity index (χ0v) is 9.50. The van der Waals surface area contributed by atoms with Crippen LogP contribution < -0.4 is 0 Å². The van der Waals surface area contributed by atoms with Crippen LogP contribution in [0.5, 0.6) is 0 Å². The van der Waals surface area contributed by atoms with Crippen molar-refractivity contribution in [3.05, 3.63) is 35.9 Å². The molecule has 1 saturated heterocycles. The summed E-state index contributed by atoms with van der Waals surface area (Å²) in [6.07, 6.45) is 1.17. The maximum Gasteiger partial charge on any atom is 0.303 e. The number of aliphatic carboxylic acids is 1. The van der Waals surface area contributed by atoms with Crippen molar-refractivity contribution in [1.29, 1.82) is 0 Å². The van der Waals surface area contributed by atoms with Gasteiger partial charge in [-0.15, -0.1) is 0 Å². The third-order valence-corrected chi connectivity index (χ3v) is 3.04. The van der Waals surface area contributed by atoms with Gasteiger partial charge in [0, 0.05) is 13.0 Å². The van der Waals surface area contributed by atoms with E-state index in [0.29, 0.717) is 19.4 Å². The predicted molar refractivity (Wildman–Crippen MR) is 62.4 cm³/mol. The van der Waals surface area contributed by atoms with Crippen molar-refractivity contribution < 1.29 is 14.7 Å². The van der Waals surface area contributed by atoms with E-state index in [9.17, 15) is 9.59 Å². The molecule has 1 atom stereocenters. The zero-order valence-electron chi connectivity index (χ0n) is 9.50. The summed E-state index contributed by atoms with van der Waals surface area (Å²) in [6, 6.07) is 9.99. The first-order chi connectivity index (χ1) is 8.18. The number of benzene rings is 1. The van der Waals surface area contributed by atoms with Gasteiger partial charge in [-0.25, -0.2) is 0 Å². The fourth-order valence-electron chi connectivity index (χ4n) is 2.11. The SMILES string of the molecule is O=C(O)CCCN1C(=O)CC1c1ccccc1. The average Bonchev–Trinajstić information content (AvgIpc) is 2.32. The van der Waals surface area contributed by atoms with Gasteiger partial charge in [-0.05, 0) is 12.0 Å². The molecular weight excluding hydrogens is 218 g/mol. The normalized spacial score (nSPS) is 18.9. The standard InChI is InChI=1S/C13H15NO3/c15-12-9-11(10-5-2-1-3-6-10)14(12)8-4-7-13(16)17/h1-3,5-6,11H,4,7-9H2,(H,16,17). The number of carboxylic acid groups (broad SMARTS) is 1. The van der Waals surface area contributed by atoms with Crippen LogP contribution in [0, 0.1) is 0 Å². The van der Waals surface area contributed by atoms with Crippen LogP contribution in [0.1, 0.15) is 30.9 Å². The largest absolute Gasteiger partial charge is 0.481 e. The Bertz CT molecular complexity index is 416. The van der Waals surface area contributed by atoms with Crippen LogP contribution in [-0.2, 0) is 9.59 Å². The van der Waals surface area contributed by atoms with Crippen molar-refractivity contribution in [2.75, 3.05) is 6.54 Å². The molecule has 2 rings (SSSR count). The Kier molecular flexibility index (Phi) is 3.42. The summed E-state index contributed by atoms with van der Waals surface area (Å²) in [5.41, 5.74) is 1.13. The van der Waals surface area contributed by atoms with Gasteiger partial charge < -0.3 is 10.0 Å². The van der Waals surface area contributed by atoms with E-state index in [2.05, 4.69) is 0 Å². The molecule has 0 bridgehead atoms. The second kappa shape index (κ2) is 4.99. The molecular formula is C13H15NO3. The van der Waals surface area contributed by atoms with Gasteiger partial charge in [-0.2, -0.15) is 0 Å². The van der Waals surface area contributed by atoms with E-state index in [4.69, 9.17) is 5.11 Å². The lowest BCUT2D eigenvalue weighted by Gasteiger charge is -2.40. The fourth-order valence-corrected chi connectivity index (χ4v) is 2.11. The number of carbonyl (C=O) groups is 2. The first kappa shape index (κ1) is 11.6. The summed E-state index contributed by atoms with van der Waals surface area (Å²) in [5.74, 6) is -0.696. The van der Waals surface area contributed by atoms with Crippen molar-refractivity contribution in [3.8, 4) is 0 Å². The number of likely N-dealkylation sites (tertiary alicyclic amines) is 1. The molecule has 1 heterocycles. The highest BCUT2D eigenvalue weighted by Gasteiger charge is 2.36. The lowest BCUT2D eigenvalue weighted by Crippen LogP contribution is -2.46. The topological polar surface area (TPSA) is 57.6 Å². The minimum absolute atomic E-state index is 0.115. The highest BCUT2D eigenvalue weighted by molar-refractivity contribution is 5.83. The van der Waals surface area contributed by atoms with E-state index in [-0.39, 0.29) is 18.4 Å². The number of hydrogen-bond acceptors (Lipinski definition) is 2. The number of rotatable bonds is 5. The van der Waals surface area contributed by atoms with Crippen LogP contribution in [0.15, 0.2) is 30.3 Å². The van der Waals surface area contributed by atoms with Crippen LogP contribution >= 0.6 is 0 Å². The van der Waals surface area contributed by atoms with Crippen molar-refractivity contribution in [1.82, 2.24) is 4.90 Å². The maximum atomic E-state index is 11.5. The van der Waals surface area contributed by atoms with Gasteiger partial charge in [0.15, 0.2) is 0 Å². The highest BCUT2D eigenvalue weighted by atomic mass is 16.4. The lowest BCUT2D eigenvalue weighted by atomic mass is 9.93. The molecule has 90 valence electrons. The van der Waals surface area contributed by atoms with Crippen molar-refractivity contribution >= 4 is 11.9 Å². The lowest BCUT2D eigenvalue weighted by molar-refractivity contribution is -0.147. The third kappa shape index (κ3) is 2.64. The molecule has 1 aromatic rings. The van der Waals surface area contributed by atoms with Crippen molar-refractivity contribution in [2.24, 2.45) is 0 Å². The molecule has 0 radical (unpaired) electrons. The van der Waals surface area contributed by atoms with E-state index < -0.39 is 5.97 Å². The second-order valence-electron chi connectivity index (χ2n) is 4.22. The fraction of sp³-hybridized carbons (Fsp3) is 0.385. The van der Waals surface area contributed by atoms with Gasteiger partial charge in [0.1, 0.15) is 0 Å². The Morgan fingerprint density at radius 1 is 1.35 bits per heavy atom. The molecule has 17 heavy (non-hydrogen) atoms. The quantitative estimate of drug-likeness (QED) is 0.789. The Morgan fingerprint density at radius 2 is 2.06 bits per heavy atom. The number of hydrogen-bond donors (Lipinski definition) is 1. The number of carbonyl (C=O) groups excluding carboxylic acids is 1. The van der Waals surface area contributed by atoms with Gasteiger partial charge in [-0.1, -0.05) is 30.3 Å². The predicted octanol–water partition coefficient (Wildman–Crippen LogP) is 1.82. The van der Waals surface area contributed by atoms with Crippen LogP contribution in [-0.4, -0.2) is 28.4 Å². The maximum absolute atomic E-state index is 11.5. The molecule has 4 nitrogen and oxygen atoms in total. The molecule has 4 heteroatoms. The molecule has 1 fully saturated rings. The monoisotopic (exact) mass is 233 g/mol. The smallest absolute Gasteiger partial charge is 0.303 e. The molecule has 0 saturated carbocycles. The van der Waals surface area contributed by atoms with Gasteiger partial charge in [0.25, 0.3) is 0 Å². The summed E-state index contributed by atoms with van der Waals surface area (Å²) in [6.45, 7) is 0.532. The molecule has 1 aromatic carbocycles. The van der Waals surface area contributed by atoms with Crippen LogP contribution in [0.2, 0.25) is 0 Å². The Morgan fingerprint density at radius 3 is 2.65 bits per heavy atom. The minimum Gasteiger partial charge on any atom is -0.481 e. The van der Waals surface area contributed by atoms with Gasteiger partial charge >= 0.3 is 5.97 Å². The molecule has 1 N–H and O–H groups in total. The van der Waals surface area contributed by atoms with Crippen LogP contribution in [0.3, 0.4) is 0 Å². The second-order valence-corrected chi connectivity index (χ2v) is 4.22. The first-order valence-electron chi connectivity index (χ1n) is 5.74. The summed E-state index contributed by atoms with van der Waals surface area (Å²) in [4.78, 5) is 23.6. The number of β-lactam (4-membered cyclic amide) rings is 1. The molecule has 0 aromatic heterocycles. The summed E-state index contributed by atoms with van der Waals surface area (Å²) >= 11 is 0. The Labute approximate surface area is 99.9 Å². The highest BCUT2D eigenvalue weighted by Crippen LogP contribution is 2.34. The van der Waals surface area contributed by atoms with Crippen molar-refractivity contribution in [3.63, 3.8) is 0 Å². The molecule has 0 spiro atoms. The van der Waals surface area contributed by atoms with E-state index in [1.165, 1.54) is 0 Å². The van der Waals surface area contributed by atoms with E-state index >= 15 is 0 Å². The van der Waals surface area contributed by atoms with E-state index in [0.717, 1.165) is 5.56 Å². The number of nitrogens with zero attached hydrogens (tertiary/aromatic N) is 1. The first-order valence-corrected chi connectivity index (χ1v) is 5.74. The summed E-state index contributed by atoms with van der Waals surface area (Å²) < 4.78 is 0. The zero-order chi connectivity index (χ0) is 12.3. The summed E-state index contributed by atoms with van der Waals surface area (Å²) in [5, 5.41) is 8.56. The van der Waals surface area contributed by atoms with Crippen molar-refractivity contribution in [2.45, 2.75) is 25.3 Å². The Balaban J connectivity index is 1.92. The average molecular weight is 233 g/mol.